The Hall–Kier alpha value is -4.94. The first kappa shape index (κ1) is 25.7. The molecule has 194 valence electrons. The molecule has 1 amide bonds. The van der Waals surface area contributed by atoms with Crippen LogP contribution in [-0.4, -0.2) is 44.5 Å². The SMILES string of the molecule is Cc1ccc(C(=O)c2nn(-c3ccc(Cl)cc3)c(NCCCNC(=O)c3nc4ccccc4[nH]3)c2C#N)cc1. The quantitative estimate of drug-likeness (QED) is 0.178. The Bertz CT molecular complexity index is 1660. The van der Waals surface area contributed by atoms with Crippen molar-refractivity contribution in [2.45, 2.75) is 13.3 Å². The van der Waals surface area contributed by atoms with E-state index < -0.39 is 0 Å². The molecule has 0 aliphatic heterocycles. The van der Waals surface area contributed by atoms with Crippen LogP contribution < -0.4 is 10.6 Å². The fourth-order valence-electron chi connectivity index (χ4n) is 4.10. The van der Waals surface area contributed by atoms with E-state index in [1.54, 1.807) is 36.4 Å². The summed E-state index contributed by atoms with van der Waals surface area (Å²) >= 11 is 6.06. The predicted octanol–water partition coefficient (Wildman–Crippen LogP) is 5.05. The lowest BCUT2D eigenvalue weighted by atomic mass is 10.0. The second-order valence-electron chi connectivity index (χ2n) is 8.91. The molecule has 39 heavy (non-hydrogen) atoms. The molecule has 0 aliphatic rings. The van der Waals surface area contributed by atoms with Gasteiger partial charge in [-0.2, -0.15) is 10.4 Å². The van der Waals surface area contributed by atoms with Crippen LogP contribution in [-0.2, 0) is 0 Å². The maximum absolute atomic E-state index is 13.3. The minimum atomic E-state index is -0.347. The van der Waals surface area contributed by atoms with Gasteiger partial charge < -0.3 is 15.6 Å². The van der Waals surface area contributed by atoms with Crippen molar-refractivity contribution < 1.29 is 9.59 Å². The van der Waals surface area contributed by atoms with Gasteiger partial charge in [0, 0.05) is 23.7 Å². The summed E-state index contributed by atoms with van der Waals surface area (Å²) in [6.07, 6.45) is 0.546. The number of fused-ring (bicyclic) bond motifs is 1. The van der Waals surface area contributed by atoms with Crippen LogP contribution >= 0.6 is 11.6 Å². The summed E-state index contributed by atoms with van der Waals surface area (Å²) in [4.78, 5) is 33.1. The van der Waals surface area contributed by atoms with Gasteiger partial charge in [-0.05, 0) is 49.7 Å². The predicted molar refractivity (Wildman–Crippen MR) is 149 cm³/mol. The van der Waals surface area contributed by atoms with Crippen molar-refractivity contribution in [2.24, 2.45) is 0 Å². The van der Waals surface area contributed by atoms with E-state index in [0.29, 0.717) is 41.6 Å². The third-order valence-corrected chi connectivity index (χ3v) is 6.39. The number of hydrogen-bond acceptors (Lipinski definition) is 6. The Balaban J connectivity index is 1.32. The van der Waals surface area contributed by atoms with Crippen molar-refractivity contribution in [3.05, 3.63) is 106 Å². The average Bonchev–Trinajstić information content (AvgIpc) is 3.55. The van der Waals surface area contributed by atoms with Gasteiger partial charge in [-0.3, -0.25) is 9.59 Å². The van der Waals surface area contributed by atoms with Crippen LogP contribution in [0.3, 0.4) is 0 Å². The van der Waals surface area contributed by atoms with Gasteiger partial charge in [-0.1, -0.05) is 53.6 Å². The van der Waals surface area contributed by atoms with Gasteiger partial charge >= 0.3 is 0 Å². The summed E-state index contributed by atoms with van der Waals surface area (Å²) in [7, 11) is 0. The van der Waals surface area contributed by atoms with Gasteiger partial charge in [-0.15, -0.1) is 0 Å². The zero-order chi connectivity index (χ0) is 27.4. The highest BCUT2D eigenvalue weighted by molar-refractivity contribution is 6.30. The molecule has 0 spiro atoms. The van der Waals surface area contributed by atoms with E-state index in [1.807, 2.05) is 43.3 Å². The minimum absolute atomic E-state index is 0.0528. The highest BCUT2D eigenvalue weighted by Gasteiger charge is 2.25. The van der Waals surface area contributed by atoms with Gasteiger partial charge in [0.1, 0.15) is 17.5 Å². The average molecular weight is 538 g/mol. The third kappa shape index (κ3) is 5.51. The number of halogens is 1. The van der Waals surface area contributed by atoms with Crippen molar-refractivity contribution in [3.8, 4) is 11.8 Å². The van der Waals surface area contributed by atoms with Crippen LogP contribution in [0.2, 0.25) is 5.02 Å². The second kappa shape index (κ2) is 11.2. The number of aromatic nitrogens is 4. The number of imidazole rings is 1. The molecule has 5 rings (SSSR count). The second-order valence-corrected chi connectivity index (χ2v) is 9.34. The number of nitriles is 1. The molecule has 0 bridgehead atoms. The summed E-state index contributed by atoms with van der Waals surface area (Å²) in [6.45, 7) is 2.72. The Kier molecular flexibility index (Phi) is 7.39. The molecule has 0 aliphatic carbocycles. The first-order chi connectivity index (χ1) is 18.9. The number of hydrogen-bond donors (Lipinski definition) is 3. The Morgan fingerprint density at radius 3 is 2.49 bits per heavy atom. The lowest BCUT2D eigenvalue weighted by Gasteiger charge is -2.11. The van der Waals surface area contributed by atoms with E-state index in [9.17, 15) is 14.9 Å². The molecule has 3 N–H and O–H groups in total. The summed E-state index contributed by atoms with van der Waals surface area (Å²) < 4.78 is 1.53. The van der Waals surface area contributed by atoms with E-state index in [4.69, 9.17) is 11.6 Å². The summed E-state index contributed by atoms with van der Waals surface area (Å²) in [5.74, 6) is -0.0172. The van der Waals surface area contributed by atoms with Crippen LogP contribution in [0, 0.1) is 18.3 Å². The summed E-state index contributed by atoms with van der Waals surface area (Å²) in [6, 6.07) is 23.6. The molecule has 2 aromatic heterocycles. The number of nitrogens with zero attached hydrogens (tertiary/aromatic N) is 4. The Labute approximate surface area is 229 Å². The van der Waals surface area contributed by atoms with Crippen LogP contribution in [0.15, 0.2) is 72.8 Å². The first-order valence-electron chi connectivity index (χ1n) is 12.3. The Morgan fingerprint density at radius 1 is 1.03 bits per heavy atom. The molecule has 5 aromatic rings. The van der Waals surface area contributed by atoms with Crippen LogP contribution in [0.4, 0.5) is 5.82 Å². The first-order valence-corrected chi connectivity index (χ1v) is 12.7. The molecule has 0 unspecified atom stereocenters. The lowest BCUT2D eigenvalue weighted by molar-refractivity contribution is 0.0943. The number of anilines is 1. The van der Waals surface area contributed by atoms with Gasteiger partial charge in [0.05, 0.1) is 16.7 Å². The molecule has 0 saturated carbocycles. The molecular formula is C29H24ClN7O2. The van der Waals surface area contributed by atoms with Crippen LogP contribution in [0.1, 0.15) is 44.2 Å². The van der Waals surface area contributed by atoms with E-state index in [2.05, 4.69) is 31.8 Å². The number of carbonyl (C=O) groups excluding carboxylic acids is 2. The number of H-pyrrole nitrogens is 1. The van der Waals surface area contributed by atoms with E-state index in [1.165, 1.54) is 4.68 Å². The molecule has 2 heterocycles. The maximum Gasteiger partial charge on any atom is 0.287 e. The summed E-state index contributed by atoms with van der Waals surface area (Å²) in [5, 5.41) is 21.2. The fraction of sp³-hybridized carbons (Fsp3) is 0.138. The number of benzene rings is 3. The molecule has 3 aromatic carbocycles. The van der Waals surface area contributed by atoms with Crippen LogP contribution in [0.5, 0.6) is 0 Å². The number of ketones is 1. The molecule has 0 saturated heterocycles. The van der Waals surface area contributed by atoms with Crippen molar-refractivity contribution in [1.82, 2.24) is 25.1 Å². The van der Waals surface area contributed by atoms with E-state index in [0.717, 1.165) is 16.6 Å². The van der Waals surface area contributed by atoms with Gasteiger partial charge in [-0.25, -0.2) is 9.67 Å². The standard InChI is InChI=1S/C29H24ClN7O2/c1-18-7-9-19(10-8-18)26(38)25-22(17-31)28(37(36-25)21-13-11-20(30)12-14-21)32-15-4-16-33-29(39)27-34-23-5-2-3-6-24(23)35-27/h2-3,5-14,32H,4,15-16H2,1H3,(H,33,39)(H,34,35). The zero-order valence-electron chi connectivity index (χ0n) is 21.0. The largest absolute Gasteiger partial charge is 0.369 e. The monoisotopic (exact) mass is 537 g/mol. The number of amides is 1. The smallest absolute Gasteiger partial charge is 0.287 e. The number of para-hydroxylation sites is 2. The van der Waals surface area contributed by atoms with Crippen molar-refractivity contribution in [2.75, 3.05) is 18.4 Å². The summed E-state index contributed by atoms with van der Waals surface area (Å²) in [5.41, 5.74) is 3.81. The van der Waals surface area contributed by atoms with E-state index >= 15 is 0 Å². The number of aryl methyl sites for hydroxylation is 1. The maximum atomic E-state index is 13.3. The van der Waals surface area contributed by atoms with Gasteiger partial charge in [0.2, 0.25) is 5.78 Å². The Morgan fingerprint density at radius 2 is 1.77 bits per heavy atom. The van der Waals surface area contributed by atoms with Crippen molar-refractivity contribution in [3.63, 3.8) is 0 Å². The molecule has 0 atom stereocenters. The van der Waals surface area contributed by atoms with E-state index in [-0.39, 0.29) is 28.8 Å². The topological polar surface area (TPSA) is 128 Å². The van der Waals surface area contributed by atoms with Gasteiger partial charge in [0.25, 0.3) is 5.91 Å². The lowest BCUT2D eigenvalue weighted by Crippen LogP contribution is -2.27. The molecular weight excluding hydrogens is 514 g/mol. The number of rotatable bonds is 9. The van der Waals surface area contributed by atoms with Crippen molar-refractivity contribution >= 4 is 40.1 Å². The minimum Gasteiger partial charge on any atom is -0.369 e. The third-order valence-electron chi connectivity index (χ3n) is 6.13. The highest BCUT2D eigenvalue weighted by atomic mass is 35.5. The van der Waals surface area contributed by atoms with Gasteiger partial charge in [0.15, 0.2) is 11.5 Å². The fourth-order valence-corrected chi connectivity index (χ4v) is 4.22. The molecule has 10 heteroatoms. The molecule has 0 radical (unpaired) electrons. The number of aromatic amines is 1. The zero-order valence-corrected chi connectivity index (χ0v) is 21.8. The van der Waals surface area contributed by atoms with Crippen LogP contribution in [0.25, 0.3) is 16.7 Å². The number of carbonyl (C=O) groups is 2. The van der Waals surface area contributed by atoms with Crippen molar-refractivity contribution in [1.29, 1.82) is 5.26 Å². The number of nitrogens with one attached hydrogen (secondary N) is 3. The molecule has 0 fully saturated rings. The highest BCUT2D eigenvalue weighted by Crippen LogP contribution is 2.26. The molecule has 9 nitrogen and oxygen atoms in total. The normalized spacial score (nSPS) is 10.8.